The van der Waals surface area contributed by atoms with Gasteiger partial charge in [-0.3, -0.25) is 4.79 Å². The summed E-state index contributed by atoms with van der Waals surface area (Å²) in [5, 5.41) is 3.79. The molecule has 27 heavy (non-hydrogen) atoms. The minimum absolute atomic E-state index is 0.226. The zero-order chi connectivity index (χ0) is 18.5. The summed E-state index contributed by atoms with van der Waals surface area (Å²) < 4.78 is 30.0. The Bertz CT molecular complexity index is 1070. The van der Waals surface area contributed by atoms with Gasteiger partial charge in [0.2, 0.25) is 0 Å². The number of hydrogen-bond donors (Lipinski definition) is 1. The van der Waals surface area contributed by atoms with Crippen LogP contribution in [0.5, 0.6) is 0 Å². The molecule has 0 amide bonds. The highest BCUT2D eigenvalue weighted by molar-refractivity contribution is 5.84. The quantitative estimate of drug-likeness (QED) is 0.756. The van der Waals surface area contributed by atoms with Crippen LogP contribution in [0.25, 0.3) is 16.6 Å². The molecule has 0 saturated carbocycles. The molecule has 3 aliphatic heterocycles. The first kappa shape index (κ1) is 16.4. The summed E-state index contributed by atoms with van der Waals surface area (Å²) >= 11 is 0. The van der Waals surface area contributed by atoms with Gasteiger partial charge in [-0.05, 0) is 49.2 Å². The summed E-state index contributed by atoms with van der Waals surface area (Å²) in [4.78, 5) is 14.4. The number of piperazine rings is 1. The maximum Gasteiger partial charge on any atom is 0.189 e. The third-order valence-corrected chi connectivity index (χ3v) is 5.73. The predicted molar refractivity (Wildman–Crippen MR) is 102 cm³/mol. The number of benzene rings is 2. The van der Waals surface area contributed by atoms with Crippen molar-refractivity contribution in [3.05, 3.63) is 70.5 Å². The number of fused-ring (bicyclic) bond motifs is 4. The SMILES string of the molecule is O=c1ccn(-c2ccc(F)cc2)c2cc(N3CC4CCC3CN4)c(F)cc12. The first-order valence-corrected chi connectivity index (χ1v) is 9.21. The lowest BCUT2D eigenvalue weighted by molar-refractivity contribution is 0.288. The second kappa shape index (κ2) is 6.16. The molecule has 0 aliphatic carbocycles. The molecule has 1 N–H and O–H groups in total. The van der Waals surface area contributed by atoms with E-state index in [9.17, 15) is 13.6 Å². The van der Waals surface area contributed by atoms with Crippen LogP contribution >= 0.6 is 0 Å². The monoisotopic (exact) mass is 367 g/mol. The van der Waals surface area contributed by atoms with Gasteiger partial charge in [-0.2, -0.15) is 0 Å². The molecule has 3 aliphatic rings. The number of rotatable bonds is 2. The van der Waals surface area contributed by atoms with Gasteiger partial charge < -0.3 is 14.8 Å². The lowest BCUT2D eigenvalue weighted by Crippen LogP contribution is -2.61. The number of halogens is 2. The Morgan fingerprint density at radius 1 is 1.04 bits per heavy atom. The fraction of sp³-hybridized carbons (Fsp3) is 0.286. The van der Waals surface area contributed by atoms with E-state index in [-0.39, 0.29) is 23.1 Å². The van der Waals surface area contributed by atoms with E-state index >= 15 is 0 Å². The number of nitrogens with one attached hydrogen (secondary N) is 1. The number of anilines is 1. The van der Waals surface area contributed by atoms with Crippen LogP contribution in [0.2, 0.25) is 0 Å². The smallest absolute Gasteiger partial charge is 0.189 e. The van der Waals surface area contributed by atoms with Crippen molar-refractivity contribution in [2.75, 3.05) is 18.0 Å². The van der Waals surface area contributed by atoms with Gasteiger partial charge >= 0.3 is 0 Å². The molecule has 3 saturated heterocycles. The molecule has 2 atom stereocenters. The summed E-state index contributed by atoms with van der Waals surface area (Å²) in [6.45, 7) is 1.61. The number of pyridine rings is 1. The van der Waals surface area contributed by atoms with E-state index in [1.807, 2.05) is 0 Å². The number of nitrogens with zero attached hydrogens (tertiary/aromatic N) is 2. The average molecular weight is 367 g/mol. The van der Waals surface area contributed by atoms with Gasteiger partial charge in [0.15, 0.2) is 5.43 Å². The van der Waals surface area contributed by atoms with Crippen LogP contribution in [-0.4, -0.2) is 29.7 Å². The molecule has 6 heteroatoms. The third kappa shape index (κ3) is 2.72. The van der Waals surface area contributed by atoms with Gasteiger partial charge in [0.1, 0.15) is 11.6 Å². The maximum absolute atomic E-state index is 14.9. The summed E-state index contributed by atoms with van der Waals surface area (Å²) in [5.74, 6) is -0.698. The van der Waals surface area contributed by atoms with Crippen molar-refractivity contribution >= 4 is 16.6 Å². The lowest BCUT2D eigenvalue weighted by Gasteiger charge is -2.47. The van der Waals surface area contributed by atoms with Gasteiger partial charge in [0.05, 0.1) is 11.2 Å². The standard InChI is InChI=1S/C21H19F2N3O/c22-13-1-4-15(5-2-13)25-8-7-21(27)17-9-18(23)20(10-19(17)25)26-12-14-3-6-16(26)11-24-14/h1-2,4-5,7-10,14,16,24H,3,6,11-12H2. The Labute approximate surface area is 155 Å². The second-order valence-corrected chi connectivity index (χ2v) is 7.34. The maximum atomic E-state index is 14.9. The van der Waals surface area contributed by atoms with Gasteiger partial charge in [-0.15, -0.1) is 0 Å². The van der Waals surface area contributed by atoms with E-state index < -0.39 is 0 Å². The number of hydrogen-bond acceptors (Lipinski definition) is 3. The van der Waals surface area contributed by atoms with E-state index in [4.69, 9.17) is 0 Å². The molecule has 4 nitrogen and oxygen atoms in total. The lowest BCUT2D eigenvalue weighted by atomic mass is 9.92. The van der Waals surface area contributed by atoms with Gasteiger partial charge in [0.25, 0.3) is 0 Å². The van der Waals surface area contributed by atoms with Gasteiger partial charge in [-0.25, -0.2) is 8.78 Å². The van der Waals surface area contributed by atoms with Crippen molar-refractivity contribution in [1.29, 1.82) is 0 Å². The summed E-state index contributed by atoms with van der Waals surface area (Å²) in [6, 6.07) is 11.2. The predicted octanol–water partition coefficient (Wildman–Crippen LogP) is 3.21. The van der Waals surface area contributed by atoms with E-state index in [0.717, 1.165) is 31.6 Å². The van der Waals surface area contributed by atoms with E-state index in [1.165, 1.54) is 24.3 Å². The van der Waals surface area contributed by atoms with Crippen LogP contribution in [0.1, 0.15) is 12.8 Å². The number of aromatic nitrogens is 1. The molecule has 2 bridgehead atoms. The Balaban J connectivity index is 1.70. The average Bonchev–Trinajstić information content (AvgIpc) is 2.70. The summed E-state index contributed by atoms with van der Waals surface area (Å²) in [6.07, 6.45) is 3.80. The van der Waals surface area contributed by atoms with Crippen LogP contribution < -0.4 is 15.6 Å². The van der Waals surface area contributed by atoms with Crippen LogP contribution in [-0.2, 0) is 0 Å². The van der Waals surface area contributed by atoms with Crippen molar-refractivity contribution in [3.8, 4) is 5.69 Å². The summed E-state index contributed by atoms with van der Waals surface area (Å²) in [7, 11) is 0. The van der Waals surface area contributed by atoms with E-state index in [1.54, 1.807) is 29.0 Å². The molecule has 1 aromatic heterocycles. The molecule has 6 rings (SSSR count). The molecule has 2 unspecified atom stereocenters. The van der Waals surface area contributed by atoms with Crippen LogP contribution in [0.3, 0.4) is 0 Å². The fourth-order valence-corrected chi connectivity index (χ4v) is 4.31. The first-order valence-electron chi connectivity index (χ1n) is 9.21. The molecule has 3 aromatic rings. The molecule has 138 valence electrons. The Hall–Kier alpha value is -2.73. The minimum Gasteiger partial charge on any atom is -0.363 e. The molecule has 4 heterocycles. The molecule has 0 radical (unpaired) electrons. The Morgan fingerprint density at radius 3 is 2.52 bits per heavy atom. The highest BCUT2D eigenvalue weighted by Crippen LogP contribution is 2.32. The molecule has 3 fully saturated rings. The summed E-state index contributed by atoms with van der Waals surface area (Å²) in [5.41, 5.74) is 1.65. The van der Waals surface area contributed by atoms with Crippen molar-refractivity contribution < 1.29 is 8.78 Å². The highest BCUT2D eigenvalue weighted by Gasteiger charge is 2.34. The Kier molecular flexibility index (Phi) is 3.75. The van der Waals surface area contributed by atoms with Crippen molar-refractivity contribution in [1.82, 2.24) is 9.88 Å². The first-order chi connectivity index (χ1) is 13.1. The van der Waals surface area contributed by atoms with Crippen molar-refractivity contribution in [2.24, 2.45) is 0 Å². The molecule has 0 spiro atoms. The normalized spacial score (nSPS) is 21.8. The van der Waals surface area contributed by atoms with Crippen molar-refractivity contribution in [2.45, 2.75) is 24.9 Å². The number of piperidine rings is 2. The topological polar surface area (TPSA) is 37.3 Å². The van der Waals surface area contributed by atoms with Gasteiger partial charge in [0, 0.05) is 48.5 Å². The largest absolute Gasteiger partial charge is 0.363 e. The Morgan fingerprint density at radius 2 is 1.85 bits per heavy atom. The van der Waals surface area contributed by atoms with Crippen LogP contribution in [0.4, 0.5) is 14.5 Å². The van der Waals surface area contributed by atoms with Crippen molar-refractivity contribution in [3.63, 3.8) is 0 Å². The van der Waals surface area contributed by atoms with E-state index in [2.05, 4.69) is 10.2 Å². The molecular formula is C21H19F2N3O. The minimum atomic E-state index is -0.371. The highest BCUT2D eigenvalue weighted by atomic mass is 19.1. The second-order valence-electron chi connectivity index (χ2n) is 7.34. The zero-order valence-corrected chi connectivity index (χ0v) is 14.7. The fourth-order valence-electron chi connectivity index (χ4n) is 4.31. The zero-order valence-electron chi connectivity index (χ0n) is 14.7. The van der Waals surface area contributed by atoms with Gasteiger partial charge in [-0.1, -0.05) is 0 Å². The van der Waals surface area contributed by atoms with Crippen LogP contribution in [0, 0.1) is 11.6 Å². The van der Waals surface area contributed by atoms with Crippen LogP contribution in [0.15, 0.2) is 53.5 Å². The third-order valence-electron chi connectivity index (χ3n) is 5.73. The molecular weight excluding hydrogens is 348 g/mol. The van der Waals surface area contributed by atoms with E-state index in [0.29, 0.717) is 22.6 Å². The molecule has 2 aromatic carbocycles.